The van der Waals surface area contributed by atoms with Crippen LogP contribution in [0.1, 0.15) is 0 Å². The molecule has 6 heteroatoms. The van der Waals surface area contributed by atoms with Gasteiger partial charge in [-0.2, -0.15) is 0 Å². The SMILES string of the molecule is C=CCN(C(=O)C1=COCCO1)c1nc(-c2ccccc2)cs1. The van der Waals surface area contributed by atoms with Gasteiger partial charge in [0.15, 0.2) is 5.13 Å². The van der Waals surface area contributed by atoms with Crippen LogP contribution in [0.15, 0.2) is 60.4 Å². The lowest BCUT2D eigenvalue weighted by Gasteiger charge is -2.21. The van der Waals surface area contributed by atoms with Crippen molar-refractivity contribution in [2.24, 2.45) is 0 Å². The maximum absolute atomic E-state index is 12.6. The highest BCUT2D eigenvalue weighted by Crippen LogP contribution is 2.28. The molecule has 1 aromatic heterocycles. The van der Waals surface area contributed by atoms with Gasteiger partial charge in [-0.15, -0.1) is 17.9 Å². The molecule has 0 bridgehead atoms. The van der Waals surface area contributed by atoms with Gasteiger partial charge in [0.2, 0.25) is 5.76 Å². The van der Waals surface area contributed by atoms with Crippen LogP contribution in [0, 0.1) is 0 Å². The van der Waals surface area contributed by atoms with Crippen molar-refractivity contribution in [3.8, 4) is 11.3 Å². The average molecular weight is 328 g/mol. The van der Waals surface area contributed by atoms with Crippen LogP contribution in [0.4, 0.5) is 5.13 Å². The number of thiazole rings is 1. The summed E-state index contributed by atoms with van der Waals surface area (Å²) in [5.41, 5.74) is 1.85. The predicted octanol–water partition coefficient (Wildman–Crippen LogP) is 3.22. The van der Waals surface area contributed by atoms with Crippen LogP contribution in [0.5, 0.6) is 0 Å². The monoisotopic (exact) mass is 328 g/mol. The van der Waals surface area contributed by atoms with Gasteiger partial charge in [0.1, 0.15) is 19.5 Å². The van der Waals surface area contributed by atoms with Gasteiger partial charge in [-0.1, -0.05) is 36.4 Å². The number of amides is 1. The summed E-state index contributed by atoms with van der Waals surface area (Å²) in [5, 5.41) is 2.53. The Hall–Kier alpha value is -2.60. The molecule has 23 heavy (non-hydrogen) atoms. The Morgan fingerprint density at radius 3 is 2.87 bits per heavy atom. The van der Waals surface area contributed by atoms with Crippen molar-refractivity contribution in [3.05, 3.63) is 60.4 Å². The summed E-state index contributed by atoms with van der Waals surface area (Å²) in [7, 11) is 0. The van der Waals surface area contributed by atoms with Crippen molar-refractivity contribution in [1.29, 1.82) is 0 Å². The highest BCUT2D eigenvalue weighted by molar-refractivity contribution is 7.14. The highest BCUT2D eigenvalue weighted by Gasteiger charge is 2.25. The number of hydrogen-bond acceptors (Lipinski definition) is 5. The Bertz CT molecular complexity index is 724. The molecular weight excluding hydrogens is 312 g/mol. The molecule has 1 aliphatic heterocycles. The topological polar surface area (TPSA) is 51.7 Å². The van der Waals surface area contributed by atoms with E-state index in [9.17, 15) is 4.79 Å². The normalized spacial score (nSPS) is 13.5. The number of carbonyl (C=O) groups excluding carboxylic acids is 1. The fourth-order valence-electron chi connectivity index (χ4n) is 2.12. The van der Waals surface area contributed by atoms with Gasteiger partial charge in [-0.05, 0) is 0 Å². The maximum Gasteiger partial charge on any atom is 0.298 e. The molecule has 1 aromatic carbocycles. The molecule has 0 saturated carbocycles. The van der Waals surface area contributed by atoms with Gasteiger partial charge < -0.3 is 9.47 Å². The Morgan fingerprint density at radius 2 is 2.17 bits per heavy atom. The molecule has 0 unspecified atom stereocenters. The van der Waals surface area contributed by atoms with E-state index >= 15 is 0 Å². The number of nitrogens with zero attached hydrogens (tertiary/aromatic N) is 2. The van der Waals surface area contributed by atoms with Crippen LogP contribution in [-0.2, 0) is 14.3 Å². The molecule has 0 fully saturated rings. The number of anilines is 1. The van der Waals surface area contributed by atoms with E-state index in [4.69, 9.17) is 9.47 Å². The summed E-state index contributed by atoms with van der Waals surface area (Å²) in [6.45, 7) is 4.88. The Labute approximate surface area is 138 Å². The van der Waals surface area contributed by atoms with Crippen LogP contribution >= 0.6 is 11.3 Å². The lowest BCUT2D eigenvalue weighted by Crippen LogP contribution is -2.34. The molecule has 3 rings (SSSR count). The minimum atomic E-state index is -0.279. The molecule has 118 valence electrons. The second kappa shape index (κ2) is 7.11. The number of aromatic nitrogens is 1. The van der Waals surface area contributed by atoms with Crippen molar-refractivity contribution in [3.63, 3.8) is 0 Å². The lowest BCUT2D eigenvalue weighted by molar-refractivity contribution is -0.119. The summed E-state index contributed by atoms with van der Waals surface area (Å²) in [4.78, 5) is 18.7. The van der Waals surface area contributed by atoms with E-state index in [1.165, 1.54) is 22.5 Å². The Balaban J connectivity index is 1.87. The molecule has 2 aromatic rings. The summed E-state index contributed by atoms with van der Waals surface area (Å²) in [6, 6.07) is 9.84. The third-order valence-corrected chi connectivity index (χ3v) is 4.07. The first kappa shape index (κ1) is 15.3. The van der Waals surface area contributed by atoms with Crippen LogP contribution in [0.2, 0.25) is 0 Å². The third-order valence-electron chi connectivity index (χ3n) is 3.21. The fraction of sp³-hybridized carbons (Fsp3) is 0.176. The number of rotatable bonds is 5. The van der Waals surface area contributed by atoms with Crippen molar-refractivity contribution < 1.29 is 14.3 Å². The van der Waals surface area contributed by atoms with E-state index in [0.29, 0.717) is 24.9 Å². The van der Waals surface area contributed by atoms with Crippen LogP contribution < -0.4 is 4.90 Å². The Morgan fingerprint density at radius 1 is 1.35 bits per heavy atom. The minimum absolute atomic E-state index is 0.189. The van der Waals surface area contributed by atoms with E-state index in [1.54, 1.807) is 6.08 Å². The molecule has 5 nitrogen and oxygen atoms in total. The summed E-state index contributed by atoms with van der Waals surface area (Å²) in [6.07, 6.45) is 3.01. The molecule has 0 aliphatic carbocycles. The predicted molar refractivity (Wildman–Crippen MR) is 90.1 cm³/mol. The van der Waals surface area contributed by atoms with E-state index in [-0.39, 0.29) is 11.7 Å². The molecule has 1 amide bonds. The number of benzene rings is 1. The molecule has 0 N–H and O–H groups in total. The van der Waals surface area contributed by atoms with Gasteiger partial charge in [-0.25, -0.2) is 4.98 Å². The molecule has 0 saturated heterocycles. The van der Waals surface area contributed by atoms with Crippen molar-refractivity contribution >= 4 is 22.4 Å². The minimum Gasteiger partial charge on any atom is -0.494 e. The molecule has 0 atom stereocenters. The highest BCUT2D eigenvalue weighted by atomic mass is 32.1. The first-order valence-electron chi connectivity index (χ1n) is 7.18. The van der Waals surface area contributed by atoms with E-state index in [2.05, 4.69) is 11.6 Å². The van der Waals surface area contributed by atoms with Gasteiger partial charge >= 0.3 is 0 Å². The first-order chi connectivity index (χ1) is 11.3. The summed E-state index contributed by atoms with van der Waals surface area (Å²) < 4.78 is 10.5. The second-order valence-electron chi connectivity index (χ2n) is 4.79. The number of hydrogen-bond donors (Lipinski definition) is 0. The van der Waals surface area contributed by atoms with Gasteiger partial charge in [0, 0.05) is 17.5 Å². The quantitative estimate of drug-likeness (QED) is 0.791. The van der Waals surface area contributed by atoms with Crippen LogP contribution in [0.3, 0.4) is 0 Å². The van der Waals surface area contributed by atoms with E-state index in [0.717, 1.165) is 11.3 Å². The summed E-state index contributed by atoms with van der Waals surface area (Å²) >= 11 is 1.41. The Kier molecular flexibility index (Phi) is 4.73. The smallest absolute Gasteiger partial charge is 0.298 e. The molecule has 0 spiro atoms. The van der Waals surface area contributed by atoms with Gasteiger partial charge in [0.25, 0.3) is 5.91 Å². The fourth-order valence-corrected chi connectivity index (χ4v) is 2.96. The third kappa shape index (κ3) is 3.43. The van der Waals surface area contributed by atoms with Crippen molar-refractivity contribution in [1.82, 2.24) is 4.98 Å². The first-order valence-corrected chi connectivity index (χ1v) is 8.06. The maximum atomic E-state index is 12.6. The zero-order valence-electron chi connectivity index (χ0n) is 12.5. The standard InChI is InChI=1S/C17H16N2O3S/c1-2-8-19(16(20)15-11-21-9-10-22-15)17-18-14(12-23-17)13-6-4-3-5-7-13/h2-7,11-12H,1,8-10H2. The number of ether oxygens (including phenoxy) is 2. The number of carbonyl (C=O) groups is 1. The molecule has 0 radical (unpaired) electrons. The van der Waals surface area contributed by atoms with Crippen LogP contribution in [-0.4, -0.2) is 30.6 Å². The van der Waals surface area contributed by atoms with Gasteiger partial charge in [-0.3, -0.25) is 9.69 Å². The molecule has 2 heterocycles. The van der Waals surface area contributed by atoms with E-state index in [1.807, 2.05) is 35.7 Å². The lowest BCUT2D eigenvalue weighted by atomic mass is 10.2. The summed E-state index contributed by atoms with van der Waals surface area (Å²) in [5.74, 6) is -0.0897. The zero-order valence-corrected chi connectivity index (χ0v) is 13.3. The average Bonchev–Trinajstić information content (AvgIpc) is 3.10. The zero-order chi connectivity index (χ0) is 16.1. The van der Waals surface area contributed by atoms with Crippen molar-refractivity contribution in [2.45, 2.75) is 0 Å². The second-order valence-corrected chi connectivity index (χ2v) is 5.62. The van der Waals surface area contributed by atoms with Gasteiger partial charge in [0.05, 0.1) is 5.69 Å². The largest absolute Gasteiger partial charge is 0.494 e. The molecule has 1 aliphatic rings. The van der Waals surface area contributed by atoms with Crippen molar-refractivity contribution in [2.75, 3.05) is 24.7 Å². The van der Waals surface area contributed by atoms with Crippen LogP contribution in [0.25, 0.3) is 11.3 Å². The molecular formula is C17H16N2O3S. The van der Waals surface area contributed by atoms with E-state index < -0.39 is 0 Å².